The van der Waals surface area contributed by atoms with Gasteiger partial charge in [-0.25, -0.2) is 4.57 Å². The van der Waals surface area contributed by atoms with Crippen LogP contribution in [0, 0.1) is 0 Å². The Balaban J connectivity index is -0.000000292. The van der Waals surface area contributed by atoms with Crippen molar-refractivity contribution in [3.63, 3.8) is 0 Å². The first-order chi connectivity index (χ1) is 6.62. The van der Waals surface area contributed by atoms with Crippen molar-refractivity contribution in [1.82, 2.24) is 0 Å². The normalized spacial score (nSPS) is 11.2. The molecule has 0 amide bonds. The Hall–Kier alpha value is 0.280. The molecule has 0 aromatic carbocycles. The summed E-state index contributed by atoms with van der Waals surface area (Å²) in [5.41, 5.74) is 0. The lowest BCUT2D eigenvalue weighted by molar-refractivity contribution is -0.870. The van der Waals surface area contributed by atoms with Crippen LogP contribution in [0.3, 0.4) is 0 Å². The minimum atomic E-state index is -4.26. The number of aliphatic hydroxyl groups excluding tert-OH is 2. The molecule has 0 saturated heterocycles. The summed E-state index contributed by atoms with van der Waals surface area (Å²) in [6.07, 6.45) is 0. The zero-order chi connectivity index (χ0) is 12.5. The fourth-order valence-corrected chi connectivity index (χ4v) is 0.753. The van der Waals surface area contributed by atoms with Gasteiger partial charge in [0.25, 0.3) is 0 Å². The molecule has 9 heteroatoms. The van der Waals surface area contributed by atoms with Crippen molar-refractivity contribution in [2.75, 3.05) is 47.5 Å². The number of halogens is 1. The molecule has 0 spiro atoms. The monoisotopic (exact) mass is 281 g/mol. The van der Waals surface area contributed by atoms with Crippen molar-refractivity contribution in [2.24, 2.45) is 0 Å². The van der Waals surface area contributed by atoms with Crippen LogP contribution in [0.2, 0.25) is 0 Å². The highest BCUT2D eigenvalue weighted by molar-refractivity contribution is 7.46. The number of hydrogen-bond acceptors (Lipinski definition) is 4. The fourth-order valence-electron chi connectivity index (χ4n) is 0.434. The predicted molar refractivity (Wildman–Crippen MR) is 55.1 cm³/mol. The van der Waals surface area contributed by atoms with Gasteiger partial charge < -0.3 is 36.9 Å². The number of phosphoric ester groups is 1. The molecule has 0 unspecified atom stereocenters. The molecule has 0 aliphatic carbocycles. The quantitative estimate of drug-likeness (QED) is 0.301. The first-order valence-corrected chi connectivity index (χ1v) is 5.87. The van der Waals surface area contributed by atoms with Crippen molar-refractivity contribution in [3.05, 3.63) is 0 Å². The molecular weight excluding hydrogens is 261 g/mol. The third-order valence-corrected chi connectivity index (χ3v) is 1.64. The van der Waals surface area contributed by atoms with E-state index >= 15 is 0 Å². The van der Waals surface area contributed by atoms with E-state index in [1.54, 1.807) is 0 Å². The molecule has 0 heterocycles. The Morgan fingerprint density at radius 1 is 1.12 bits per heavy atom. The van der Waals surface area contributed by atoms with Gasteiger partial charge in [-0.1, -0.05) is 0 Å². The Kier molecular flexibility index (Phi) is 14.1. The van der Waals surface area contributed by atoms with Crippen molar-refractivity contribution >= 4 is 7.82 Å². The lowest BCUT2D eigenvalue weighted by atomic mass is 10.5. The van der Waals surface area contributed by atoms with Crippen LogP contribution in [0.1, 0.15) is 0 Å². The van der Waals surface area contributed by atoms with Crippen LogP contribution in [0.15, 0.2) is 0 Å². The average Bonchev–Trinajstić information content (AvgIpc) is 2.00. The summed E-state index contributed by atoms with van der Waals surface area (Å²) < 4.78 is 15.1. The summed E-state index contributed by atoms with van der Waals surface area (Å²) in [5, 5.41) is 15.2. The molecule has 0 bridgehead atoms. The third kappa shape index (κ3) is 29.2. The molecule has 7 nitrogen and oxygen atoms in total. The lowest BCUT2D eigenvalue weighted by Crippen LogP contribution is -3.00. The number of aliphatic hydroxyl groups is 2. The first-order valence-electron chi connectivity index (χ1n) is 4.34. The van der Waals surface area contributed by atoms with Gasteiger partial charge in [0.2, 0.25) is 0 Å². The Morgan fingerprint density at radius 2 is 1.50 bits per heavy atom. The van der Waals surface area contributed by atoms with E-state index < -0.39 is 7.82 Å². The number of nitrogens with zero attached hydrogens (tertiary/aromatic N) is 1. The Morgan fingerprint density at radius 3 is 1.69 bits per heavy atom. The van der Waals surface area contributed by atoms with Crippen LogP contribution in [0.4, 0.5) is 0 Å². The molecule has 16 heavy (non-hydrogen) atoms. The largest absolute Gasteiger partial charge is 1.00 e. The molecule has 0 aliphatic rings. The standard InChI is InChI=1S/C5H14NO4P.C2H6O2.ClH/c1-6(2,3)4-5-10-11(7,8)9;3-1-2-4;/h4-5H2,1-3H3,(H-,7,8,9);3-4H,1-2H2;1H. The van der Waals surface area contributed by atoms with E-state index in [9.17, 15) is 4.57 Å². The van der Waals surface area contributed by atoms with Crippen LogP contribution >= 0.6 is 7.82 Å². The maximum Gasteiger partial charge on any atom is 0.469 e. The molecule has 0 aromatic rings. The molecule has 4 N–H and O–H groups in total. The van der Waals surface area contributed by atoms with Crippen LogP contribution < -0.4 is 12.4 Å². The SMILES string of the molecule is C[N+](C)(C)CCOP(=O)(O)O.OCCO.[Cl-]. The van der Waals surface area contributed by atoms with E-state index in [0.717, 1.165) is 0 Å². The van der Waals surface area contributed by atoms with Gasteiger partial charge in [0.1, 0.15) is 13.2 Å². The lowest BCUT2D eigenvalue weighted by Gasteiger charge is -2.23. The van der Waals surface area contributed by atoms with Gasteiger partial charge in [-0.05, 0) is 0 Å². The number of hydrogen-bond donors (Lipinski definition) is 4. The van der Waals surface area contributed by atoms with Gasteiger partial charge >= 0.3 is 7.82 Å². The Bertz CT molecular complexity index is 190. The van der Waals surface area contributed by atoms with E-state index in [4.69, 9.17) is 20.0 Å². The van der Waals surface area contributed by atoms with Gasteiger partial charge in [-0.2, -0.15) is 0 Å². The minimum absolute atomic E-state index is 0. The van der Waals surface area contributed by atoms with Gasteiger partial charge in [0.05, 0.1) is 34.4 Å². The van der Waals surface area contributed by atoms with E-state index in [1.807, 2.05) is 21.1 Å². The molecule has 0 saturated carbocycles. The number of likely N-dealkylation sites (N-methyl/N-ethyl adjacent to an activating group) is 1. The van der Waals surface area contributed by atoms with E-state index in [2.05, 4.69) is 4.52 Å². The second-order valence-electron chi connectivity index (χ2n) is 3.78. The van der Waals surface area contributed by atoms with Crippen molar-refractivity contribution in [3.8, 4) is 0 Å². The van der Waals surface area contributed by atoms with E-state index in [-0.39, 0.29) is 32.2 Å². The number of phosphoric acid groups is 1. The van der Waals surface area contributed by atoms with Crippen LogP contribution in [0.5, 0.6) is 0 Å². The molecule has 0 aromatic heterocycles. The Labute approximate surface area is 102 Å². The highest BCUT2D eigenvalue weighted by Crippen LogP contribution is 2.35. The van der Waals surface area contributed by atoms with E-state index in [0.29, 0.717) is 11.0 Å². The molecule has 0 aliphatic heterocycles. The smallest absolute Gasteiger partial charge is 0.469 e. The minimum Gasteiger partial charge on any atom is -1.00 e. The molecule has 0 atom stereocenters. The first kappa shape index (κ1) is 21.6. The maximum absolute atomic E-state index is 10.2. The zero-order valence-electron chi connectivity index (χ0n) is 9.71. The van der Waals surface area contributed by atoms with Crippen LogP contribution in [0.25, 0.3) is 0 Å². The summed E-state index contributed by atoms with van der Waals surface area (Å²) in [6, 6.07) is 0. The zero-order valence-corrected chi connectivity index (χ0v) is 11.4. The van der Waals surface area contributed by atoms with Crippen molar-refractivity contribution in [2.45, 2.75) is 0 Å². The van der Waals surface area contributed by atoms with Gasteiger partial charge in [0, 0.05) is 0 Å². The topological polar surface area (TPSA) is 107 Å². The summed E-state index contributed by atoms with van der Waals surface area (Å²) in [5.74, 6) is 0. The molecule has 0 radical (unpaired) electrons. The summed E-state index contributed by atoms with van der Waals surface area (Å²) in [7, 11) is 1.50. The molecule has 0 fully saturated rings. The summed E-state index contributed by atoms with van der Waals surface area (Å²) >= 11 is 0. The highest BCUT2D eigenvalue weighted by Gasteiger charge is 2.15. The third-order valence-electron chi connectivity index (χ3n) is 1.12. The summed E-state index contributed by atoms with van der Waals surface area (Å²) in [6.45, 7) is 0.402. The molecule has 102 valence electrons. The van der Waals surface area contributed by atoms with Crippen LogP contribution in [-0.2, 0) is 9.09 Å². The number of rotatable bonds is 5. The molecule has 0 rings (SSSR count). The highest BCUT2D eigenvalue weighted by atomic mass is 35.5. The van der Waals surface area contributed by atoms with Gasteiger partial charge in [-0.15, -0.1) is 0 Å². The van der Waals surface area contributed by atoms with E-state index in [1.165, 1.54) is 0 Å². The fraction of sp³-hybridized carbons (Fsp3) is 1.00. The number of quaternary nitrogens is 1. The second-order valence-corrected chi connectivity index (χ2v) is 5.02. The second kappa shape index (κ2) is 10.4. The average molecular weight is 282 g/mol. The van der Waals surface area contributed by atoms with Crippen molar-refractivity contribution < 1.29 is 46.0 Å². The predicted octanol–water partition coefficient (Wildman–Crippen LogP) is -4.22. The van der Waals surface area contributed by atoms with Gasteiger partial charge in [-0.3, -0.25) is 4.52 Å². The molecular formula is C7H21ClNO6P. The van der Waals surface area contributed by atoms with Crippen LogP contribution in [-0.4, -0.2) is 72.0 Å². The maximum atomic E-state index is 10.2. The van der Waals surface area contributed by atoms with Gasteiger partial charge in [0.15, 0.2) is 0 Å². The van der Waals surface area contributed by atoms with Crippen molar-refractivity contribution in [1.29, 1.82) is 0 Å². The summed E-state index contributed by atoms with van der Waals surface area (Å²) in [4.78, 5) is 16.6.